The van der Waals surface area contributed by atoms with Crippen LogP contribution in [0.25, 0.3) is 0 Å². The second-order valence-electron chi connectivity index (χ2n) is 5.15. The maximum absolute atomic E-state index is 10.9. The molecule has 3 nitrogen and oxygen atoms in total. The molecule has 2 fully saturated rings. The molecule has 0 bridgehead atoms. The van der Waals surface area contributed by atoms with Gasteiger partial charge in [0.1, 0.15) is 0 Å². The predicted octanol–water partition coefficient (Wildman–Crippen LogP) is 2.00. The molecule has 4 atom stereocenters. The number of carboxylic acid groups (broad SMARTS) is 1. The van der Waals surface area contributed by atoms with Crippen LogP contribution in [0.1, 0.15) is 30.7 Å². The van der Waals surface area contributed by atoms with Gasteiger partial charge in [-0.05, 0) is 24.8 Å². The third-order valence-electron chi connectivity index (χ3n) is 4.04. The van der Waals surface area contributed by atoms with Gasteiger partial charge in [0.15, 0.2) is 0 Å². The van der Waals surface area contributed by atoms with Crippen LogP contribution >= 0.6 is 0 Å². The van der Waals surface area contributed by atoms with Gasteiger partial charge in [-0.3, -0.25) is 4.79 Å². The third-order valence-corrected chi connectivity index (χ3v) is 4.04. The summed E-state index contributed by atoms with van der Waals surface area (Å²) in [5.41, 5.74) is 1.37. The van der Waals surface area contributed by atoms with Crippen molar-refractivity contribution in [3.63, 3.8) is 0 Å². The minimum atomic E-state index is -0.648. The van der Waals surface area contributed by atoms with Crippen LogP contribution in [-0.4, -0.2) is 23.2 Å². The average molecular weight is 231 g/mol. The van der Waals surface area contributed by atoms with Crippen molar-refractivity contribution in [2.24, 2.45) is 5.92 Å². The van der Waals surface area contributed by atoms with Crippen molar-refractivity contribution < 1.29 is 9.90 Å². The minimum Gasteiger partial charge on any atom is -0.481 e. The number of rotatable bonds is 4. The van der Waals surface area contributed by atoms with Gasteiger partial charge in [0.05, 0.1) is 5.92 Å². The summed E-state index contributed by atoms with van der Waals surface area (Å²) >= 11 is 0. The van der Waals surface area contributed by atoms with Crippen molar-refractivity contribution in [3.05, 3.63) is 35.9 Å². The first-order valence-electron chi connectivity index (χ1n) is 6.29. The summed E-state index contributed by atoms with van der Waals surface area (Å²) < 4.78 is 0. The Hall–Kier alpha value is -1.35. The molecule has 0 saturated heterocycles. The smallest absolute Gasteiger partial charge is 0.308 e. The Kier molecular flexibility index (Phi) is 2.63. The van der Waals surface area contributed by atoms with Crippen molar-refractivity contribution in [1.82, 2.24) is 5.32 Å². The van der Waals surface area contributed by atoms with Gasteiger partial charge in [-0.2, -0.15) is 0 Å². The SMILES string of the molecule is O=C(O)C1CCC1NC1CC1c1ccccc1. The Morgan fingerprint density at radius 2 is 1.94 bits per heavy atom. The number of hydrogen-bond acceptors (Lipinski definition) is 2. The van der Waals surface area contributed by atoms with Crippen LogP contribution in [0, 0.1) is 5.92 Å². The highest BCUT2D eigenvalue weighted by atomic mass is 16.4. The van der Waals surface area contributed by atoms with E-state index in [0.717, 1.165) is 19.3 Å². The largest absolute Gasteiger partial charge is 0.481 e. The zero-order valence-corrected chi connectivity index (χ0v) is 9.67. The van der Waals surface area contributed by atoms with E-state index in [9.17, 15) is 4.79 Å². The van der Waals surface area contributed by atoms with Crippen LogP contribution in [-0.2, 0) is 4.79 Å². The summed E-state index contributed by atoms with van der Waals surface area (Å²) in [5, 5.41) is 12.5. The number of carboxylic acids is 1. The zero-order valence-electron chi connectivity index (χ0n) is 9.67. The van der Waals surface area contributed by atoms with E-state index in [0.29, 0.717) is 12.0 Å². The molecule has 2 N–H and O–H groups in total. The third kappa shape index (κ3) is 2.07. The summed E-state index contributed by atoms with van der Waals surface area (Å²) in [4.78, 5) is 10.9. The average Bonchev–Trinajstić information content (AvgIpc) is 3.04. The Morgan fingerprint density at radius 3 is 2.53 bits per heavy atom. The van der Waals surface area contributed by atoms with E-state index < -0.39 is 5.97 Å². The standard InChI is InChI=1S/C14H17NO2/c16-14(17)10-6-7-12(10)15-13-8-11(13)9-4-2-1-3-5-9/h1-5,10-13,15H,6-8H2,(H,16,17). The summed E-state index contributed by atoms with van der Waals surface area (Å²) in [6.45, 7) is 0. The van der Waals surface area contributed by atoms with E-state index in [1.807, 2.05) is 6.07 Å². The molecule has 17 heavy (non-hydrogen) atoms. The van der Waals surface area contributed by atoms with Crippen LogP contribution in [0.4, 0.5) is 0 Å². The highest BCUT2D eigenvalue weighted by Gasteiger charge is 2.44. The number of aliphatic carboxylic acids is 1. The molecule has 2 aliphatic carbocycles. The van der Waals surface area contributed by atoms with E-state index in [4.69, 9.17) is 5.11 Å². The lowest BCUT2D eigenvalue weighted by atomic mass is 9.79. The number of hydrogen-bond donors (Lipinski definition) is 2. The van der Waals surface area contributed by atoms with E-state index in [1.165, 1.54) is 5.56 Å². The fourth-order valence-corrected chi connectivity index (χ4v) is 2.72. The predicted molar refractivity (Wildman–Crippen MR) is 64.9 cm³/mol. The van der Waals surface area contributed by atoms with Gasteiger partial charge in [0.2, 0.25) is 0 Å². The molecule has 2 aliphatic rings. The number of carbonyl (C=O) groups is 1. The fraction of sp³-hybridized carbons (Fsp3) is 0.500. The lowest BCUT2D eigenvalue weighted by molar-refractivity contribution is -0.146. The first-order valence-corrected chi connectivity index (χ1v) is 6.29. The molecule has 3 rings (SSSR count). The Bertz CT molecular complexity index is 417. The summed E-state index contributed by atoms with van der Waals surface area (Å²) in [7, 11) is 0. The molecular formula is C14H17NO2. The molecule has 1 aromatic rings. The molecule has 0 amide bonds. The normalized spacial score (nSPS) is 35.1. The highest BCUT2D eigenvalue weighted by molar-refractivity contribution is 5.72. The number of nitrogens with one attached hydrogen (secondary N) is 1. The van der Waals surface area contributed by atoms with Crippen molar-refractivity contribution >= 4 is 5.97 Å². The first-order chi connectivity index (χ1) is 8.25. The molecule has 90 valence electrons. The van der Waals surface area contributed by atoms with E-state index in [-0.39, 0.29) is 12.0 Å². The molecule has 0 radical (unpaired) electrons. The van der Waals surface area contributed by atoms with Gasteiger partial charge in [-0.15, -0.1) is 0 Å². The van der Waals surface area contributed by atoms with Crippen molar-refractivity contribution in [1.29, 1.82) is 0 Å². The van der Waals surface area contributed by atoms with Crippen molar-refractivity contribution in [2.45, 2.75) is 37.3 Å². The fourth-order valence-electron chi connectivity index (χ4n) is 2.72. The first kappa shape index (κ1) is 10.8. The van der Waals surface area contributed by atoms with Gasteiger partial charge in [0, 0.05) is 18.0 Å². The van der Waals surface area contributed by atoms with E-state index >= 15 is 0 Å². The van der Waals surface area contributed by atoms with Crippen LogP contribution in [0.15, 0.2) is 30.3 Å². The molecule has 0 aliphatic heterocycles. The lowest BCUT2D eigenvalue weighted by Crippen LogP contribution is -2.48. The van der Waals surface area contributed by atoms with Crippen LogP contribution in [0.3, 0.4) is 0 Å². The lowest BCUT2D eigenvalue weighted by Gasteiger charge is -2.34. The van der Waals surface area contributed by atoms with E-state index in [2.05, 4.69) is 29.6 Å². The summed E-state index contributed by atoms with van der Waals surface area (Å²) in [6.07, 6.45) is 2.98. The van der Waals surface area contributed by atoms with Crippen LogP contribution in [0.2, 0.25) is 0 Å². The summed E-state index contributed by atoms with van der Waals surface area (Å²) in [6, 6.07) is 11.2. The molecule has 3 heteroatoms. The summed E-state index contributed by atoms with van der Waals surface area (Å²) in [5.74, 6) is -0.219. The van der Waals surface area contributed by atoms with E-state index in [1.54, 1.807) is 0 Å². The second kappa shape index (κ2) is 4.15. The molecule has 0 aromatic heterocycles. The van der Waals surface area contributed by atoms with Crippen LogP contribution in [0.5, 0.6) is 0 Å². The Labute approximate surface area is 101 Å². The topological polar surface area (TPSA) is 49.3 Å². The maximum Gasteiger partial charge on any atom is 0.308 e. The molecule has 4 unspecified atom stereocenters. The van der Waals surface area contributed by atoms with Crippen LogP contribution < -0.4 is 5.32 Å². The zero-order chi connectivity index (χ0) is 11.8. The van der Waals surface area contributed by atoms with Gasteiger partial charge >= 0.3 is 5.97 Å². The molecule has 0 heterocycles. The van der Waals surface area contributed by atoms with Crippen molar-refractivity contribution in [2.75, 3.05) is 0 Å². The second-order valence-corrected chi connectivity index (χ2v) is 5.15. The molecule has 1 aromatic carbocycles. The maximum atomic E-state index is 10.9. The molecule has 2 saturated carbocycles. The monoisotopic (exact) mass is 231 g/mol. The highest BCUT2D eigenvalue weighted by Crippen LogP contribution is 2.42. The van der Waals surface area contributed by atoms with Gasteiger partial charge in [-0.25, -0.2) is 0 Å². The van der Waals surface area contributed by atoms with Crippen molar-refractivity contribution in [3.8, 4) is 0 Å². The molecule has 0 spiro atoms. The quantitative estimate of drug-likeness (QED) is 0.833. The Morgan fingerprint density at radius 1 is 1.18 bits per heavy atom. The van der Waals surface area contributed by atoms with Gasteiger partial charge < -0.3 is 10.4 Å². The minimum absolute atomic E-state index is 0.160. The Balaban J connectivity index is 1.55. The van der Waals surface area contributed by atoms with Gasteiger partial charge in [0.25, 0.3) is 0 Å². The molecular weight excluding hydrogens is 214 g/mol. The van der Waals surface area contributed by atoms with Gasteiger partial charge in [-0.1, -0.05) is 30.3 Å². The number of benzene rings is 1.